The van der Waals surface area contributed by atoms with E-state index in [9.17, 15) is 8.42 Å². The Hall–Kier alpha value is -1.73. The first kappa shape index (κ1) is 14.8. The number of para-hydroxylation sites is 2. The summed E-state index contributed by atoms with van der Waals surface area (Å²) in [7, 11) is -1.36. The molecule has 122 valence electrons. The van der Waals surface area contributed by atoms with Crippen molar-refractivity contribution < 1.29 is 8.42 Å². The zero-order valence-corrected chi connectivity index (χ0v) is 13.9. The number of hydrogen-bond donors (Lipinski definition) is 0. The minimum absolute atomic E-state index is 0.130. The highest BCUT2D eigenvalue weighted by Crippen LogP contribution is 2.32. The molecule has 4 rings (SSSR count). The summed E-state index contributed by atoms with van der Waals surface area (Å²) in [5.74, 6) is 1.23. The topological polar surface area (TPSA) is 66.4 Å². The molecule has 1 aliphatic carbocycles. The summed E-state index contributed by atoms with van der Waals surface area (Å²) in [6.45, 7) is 2.26. The molecule has 0 bridgehead atoms. The molecule has 0 N–H and O–H groups in total. The lowest BCUT2D eigenvalue weighted by Crippen LogP contribution is -2.52. The fraction of sp³-hybridized carbons (Fsp3) is 0.500. The second-order valence-electron chi connectivity index (χ2n) is 6.51. The van der Waals surface area contributed by atoms with Gasteiger partial charge in [0.2, 0.25) is 10.0 Å². The molecule has 1 aromatic heterocycles. The van der Waals surface area contributed by atoms with E-state index in [0.717, 1.165) is 42.8 Å². The number of hydrogen-bond acceptors (Lipinski definition) is 5. The summed E-state index contributed by atoms with van der Waals surface area (Å²) in [6, 6.07) is 7.81. The summed E-state index contributed by atoms with van der Waals surface area (Å²) in [5.41, 5.74) is 1.78. The Labute approximate surface area is 136 Å². The molecule has 0 amide bonds. The monoisotopic (exact) mass is 332 g/mol. The highest BCUT2D eigenvalue weighted by Gasteiger charge is 2.40. The summed E-state index contributed by atoms with van der Waals surface area (Å²) >= 11 is 0. The van der Waals surface area contributed by atoms with Gasteiger partial charge in [0.1, 0.15) is 5.82 Å². The molecule has 2 fully saturated rings. The predicted molar refractivity (Wildman–Crippen MR) is 89.8 cm³/mol. The molecule has 23 heavy (non-hydrogen) atoms. The van der Waals surface area contributed by atoms with Crippen molar-refractivity contribution in [3.05, 3.63) is 30.5 Å². The first-order valence-corrected chi connectivity index (χ1v) is 9.46. The molecule has 2 aromatic rings. The van der Waals surface area contributed by atoms with Crippen LogP contribution in [0.1, 0.15) is 12.8 Å². The fourth-order valence-corrected chi connectivity index (χ4v) is 4.72. The standard InChI is InChI=1S/C16H20N4O2S/c1-19(23(21,22)13-6-7-13)9-12-10-20(11-12)16-8-17-14-4-2-3-5-15(14)18-16/h2-5,8,12-13H,6-7,9-11H2,1H3. The number of sulfonamides is 1. The van der Waals surface area contributed by atoms with Crippen molar-refractivity contribution in [2.24, 2.45) is 5.92 Å². The van der Waals surface area contributed by atoms with Gasteiger partial charge in [0, 0.05) is 32.6 Å². The van der Waals surface area contributed by atoms with Crippen molar-refractivity contribution in [2.75, 3.05) is 31.6 Å². The van der Waals surface area contributed by atoms with Gasteiger partial charge in [-0.3, -0.25) is 4.98 Å². The van der Waals surface area contributed by atoms with Gasteiger partial charge in [-0.25, -0.2) is 17.7 Å². The van der Waals surface area contributed by atoms with E-state index in [4.69, 9.17) is 0 Å². The zero-order valence-electron chi connectivity index (χ0n) is 13.1. The van der Waals surface area contributed by atoms with Gasteiger partial charge in [-0.2, -0.15) is 0 Å². The van der Waals surface area contributed by atoms with Crippen LogP contribution in [-0.4, -0.2) is 54.6 Å². The van der Waals surface area contributed by atoms with E-state index >= 15 is 0 Å². The van der Waals surface area contributed by atoms with Crippen molar-refractivity contribution >= 4 is 26.9 Å². The Morgan fingerprint density at radius 2 is 1.91 bits per heavy atom. The van der Waals surface area contributed by atoms with Crippen LogP contribution in [0.2, 0.25) is 0 Å². The van der Waals surface area contributed by atoms with E-state index < -0.39 is 10.0 Å². The number of anilines is 1. The third-order valence-electron chi connectivity index (χ3n) is 4.61. The number of benzene rings is 1. The van der Waals surface area contributed by atoms with Gasteiger partial charge in [0.05, 0.1) is 22.5 Å². The molecular formula is C16H20N4O2S. The van der Waals surface area contributed by atoms with Gasteiger partial charge in [0.25, 0.3) is 0 Å². The summed E-state index contributed by atoms with van der Waals surface area (Å²) < 4.78 is 25.9. The van der Waals surface area contributed by atoms with Crippen LogP contribution < -0.4 is 4.90 Å². The molecular weight excluding hydrogens is 312 g/mol. The van der Waals surface area contributed by atoms with Crippen molar-refractivity contribution in [3.8, 4) is 0 Å². The largest absolute Gasteiger partial charge is 0.355 e. The summed E-state index contributed by atoms with van der Waals surface area (Å²) in [5, 5.41) is -0.130. The van der Waals surface area contributed by atoms with Gasteiger partial charge >= 0.3 is 0 Å². The Balaban J connectivity index is 1.38. The normalized spacial score (nSPS) is 19.3. The highest BCUT2D eigenvalue weighted by atomic mass is 32.2. The maximum absolute atomic E-state index is 12.2. The van der Waals surface area contributed by atoms with Gasteiger partial charge in [0.15, 0.2) is 0 Å². The van der Waals surface area contributed by atoms with E-state index in [0.29, 0.717) is 12.5 Å². The molecule has 0 unspecified atom stereocenters. The Morgan fingerprint density at radius 3 is 2.61 bits per heavy atom. The number of fused-ring (bicyclic) bond motifs is 1. The Bertz CT molecular complexity index is 829. The highest BCUT2D eigenvalue weighted by molar-refractivity contribution is 7.90. The second-order valence-corrected chi connectivity index (χ2v) is 8.83. The molecule has 0 spiro atoms. The van der Waals surface area contributed by atoms with Crippen LogP contribution in [0.3, 0.4) is 0 Å². The fourth-order valence-electron chi connectivity index (χ4n) is 3.06. The van der Waals surface area contributed by atoms with Gasteiger partial charge in [-0.1, -0.05) is 12.1 Å². The van der Waals surface area contributed by atoms with Crippen LogP contribution in [0.4, 0.5) is 5.82 Å². The smallest absolute Gasteiger partial charge is 0.216 e. The molecule has 7 heteroatoms. The van der Waals surface area contributed by atoms with E-state index in [1.165, 1.54) is 0 Å². The molecule has 1 aliphatic heterocycles. The number of aromatic nitrogens is 2. The van der Waals surface area contributed by atoms with Crippen LogP contribution in [0.15, 0.2) is 30.5 Å². The molecule has 0 radical (unpaired) electrons. The minimum Gasteiger partial charge on any atom is -0.355 e. The number of nitrogens with zero attached hydrogens (tertiary/aromatic N) is 4. The average molecular weight is 332 g/mol. The minimum atomic E-state index is -3.06. The van der Waals surface area contributed by atoms with Crippen LogP contribution in [0.25, 0.3) is 11.0 Å². The first-order chi connectivity index (χ1) is 11.0. The van der Waals surface area contributed by atoms with Crippen LogP contribution in [0.5, 0.6) is 0 Å². The summed E-state index contributed by atoms with van der Waals surface area (Å²) in [4.78, 5) is 11.2. The molecule has 1 saturated heterocycles. The maximum atomic E-state index is 12.2. The number of rotatable bonds is 5. The van der Waals surface area contributed by atoms with E-state index in [-0.39, 0.29) is 5.25 Å². The van der Waals surface area contributed by atoms with Crippen molar-refractivity contribution in [1.82, 2.24) is 14.3 Å². The van der Waals surface area contributed by atoms with E-state index in [1.54, 1.807) is 17.5 Å². The average Bonchev–Trinajstić information content (AvgIpc) is 3.35. The van der Waals surface area contributed by atoms with Crippen molar-refractivity contribution in [3.63, 3.8) is 0 Å². The molecule has 0 atom stereocenters. The third kappa shape index (κ3) is 2.79. The lowest BCUT2D eigenvalue weighted by Gasteiger charge is -2.41. The molecule has 1 aromatic carbocycles. The van der Waals surface area contributed by atoms with Gasteiger partial charge in [-0.05, 0) is 25.0 Å². The SMILES string of the molecule is CN(CC1CN(c2cnc3ccccc3n2)C1)S(=O)(=O)C1CC1. The van der Waals surface area contributed by atoms with E-state index in [2.05, 4.69) is 14.9 Å². The van der Waals surface area contributed by atoms with E-state index in [1.807, 2.05) is 24.3 Å². The zero-order chi connectivity index (χ0) is 16.0. The van der Waals surface area contributed by atoms with Crippen molar-refractivity contribution in [2.45, 2.75) is 18.1 Å². The lowest BCUT2D eigenvalue weighted by molar-refractivity contribution is 0.325. The molecule has 1 saturated carbocycles. The Morgan fingerprint density at radius 1 is 1.22 bits per heavy atom. The second kappa shape index (κ2) is 5.42. The van der Waals surface area contributed by atoms with Gasteiger partial charge in [-0.15, -0.1) is 0 Å². The quantitative estimate of drug-likeness (QED) is 0.830. The summed E-state index contributed by atoms with van der Waals surface area (Å²) in [6.07, 6.45) is 3.43. The first-order valence-electron chi connectivity index (χ1n) is 7.96. The molecule has 2 aliphatic rings. The molecule has 2 heterocycles. The van der Waals surface area contributed by atoms with Gasteiger partial charge < -0.3 is 4.90 Å². The van der Waals surface area contributed by atoms with Crippen LogP contribution in [0, 0.1) is 5.92 Å². The third-order valence-corrected chi connectivity index (χ3v) is 6.94. The predicted octanol–water partition coefficient (Wildman–Crippen LogP) is 1.49. The van der Waals surface area contributed by atoms with Crippen molar-refractivity contribution in [1.29, 1.82) is 0 Å². The lowest BCUT2D eigenvalue weighted by atomic mass is 10.0. The Kier molecular flexibility index (Phi) is 3.50. The maximum Gasteiger partial charge on any atom is 0.216 e. The van der Waals surface area contributed by atoms with Crippen LogP contribution >= 0.6 is 0 Å². The molecule has 6 nitrogen and oxygen atoms in total. The van der Waals surface area contributed by atoms with Crippen LogP contribution in [-0.2, 0) is 10.0 Å².